The van der Waals surface area contributed by atoms with E-state index in [1.54, 1.807) is 13.0 Å². The van der Waals surface area contributed by atoms with E-state index in [1.807, 2.05) is 24.3 Å². The van der Waals surface area contributed by atoms with Crippen LogP contribution < -0.4 is 0 Å². The summed E-state index contributed by atoms with van der Waals surface area (Å²) in [6, 6.07) is 7.90. The Morgan fingerprint density at radius 3 is 2.93 bits per heavy atom. The van der Waals surface area contributed by atoms with Gasteiger partial charge < -0.3 is 5.11 Å². The minimum Gasteiger partial charge on any atom is -0.383 e. The van der Waals surface area contributed by atoms with Crippen LogP contribution in [-0.4, -0.2) is 10.1 Å². The van der Waals surface area contributed by atoms with Crippen LogP contribution in [-0.2, 0) is 5.60 Å². The second-order valence-electron chi connectivity index (χ2n) is 3.75. The van der Waals surface area contributed by atoms with E-state index >= 15 is 0 Å². The van der Waals surface area contributed by atoms with Crippen molar-refractivity contribution in [3.8, 4) is 0 Å². The first kappa shape index (κ1) is 10.3. The van der Waals surface area contributed by atoms with Crippen molar-refractivity contribution in [1.29, 1.82) is 0 Å². The number of nitrogens with zero attached hydrogens (tertiary/aromatic N) is 1. The predicted octanol–water partition coefficient (Wildman–Crippen LogP) is 3.08. The molecule has 0 amide bonds. The molecule has 1 aromatic carbocycles. The van der Waals surface area contributed by atoms with Gasteiger partial charge in [-0.1, -0.05) is 18.2 Å². The molecule has 0 bridgehead atoms. The van der Waals surface area contributed by atoms with Crippen LogP contribution in [0.15, 0.2) is 36.9 Å². The smallest absolute Gasteiger partial charge is 0.126 e. The third-order valence-electron chi connectivity index (χ3n) is 2.30. The lowest BCUT2D eigenvalue weighted by Gasteiger charge is -2.17. The van der Waals surface area contributed by atoms with E-state index < -0.39 is 5.60 Å². The number of hydrogen-bond donors (Lipinski definition) is 1. The SMILES string of the molecule is C=CC[C@](C)(O)c1nc2ccccc2s1. The van der Waals surface area contributed by atoms with Gasteiger partial charge in [-0.25, -0.2) is 4.98 Å². The highest BCUT2D eigenvalue weighted by molar-refractivity contribution is 7.18. The first-order chi connectivity index (χ1) is 7.13. The second-order valence-corrected chi connectivity index (χ2v) is 4.78. The Kier molecular flexibility index (Phi) is 2.59. The van der Waals surface area contributed by atoms with Gasteiger partial charge in [-0.15, -0.1) is 17.9 Å². The first-order valence-corrected chi connectivity index (χ1v) is 5.64. The molecule has 0 fully saturated rings. The van der Waals surface area contributed by atoms with Crippen LogP contribution in [0.2, 0.25) is 0 Å². The quantitative estimate of drug-likeness (QED) is 0.805. The zero-order valence-electron chi connectivity index (χ0n) is 8.60. The molecular weight excluding hydrogens is 206 g/mol. The van der Waals surface area contributed by atoms with Crippen LogP contribution in [0.4, 0.5) is 0 Å². The molecular formula is C12H13NOS. The molecule has 0 unspecified atom stereocenters. The maximum atomic E-state index is 10.2. The molecule has 0 aliphatic heterocycles. The highest BCUT2D eigenvalue weighted by atomic mass is 32.1. The normalized spacial score (nSPS) is 15.1. The fraction of sp³-hybridized carbons (Fsp3) is 0.250. The number of thiazole rings is 1. The Hall–Kier alpha value is -1.19. The molecule has 0 radical (unpaired) electrons. The third kappa shape index (κ3) is 1.94. The summed E-state index contributed by atoms with van der Waals surface area (Å²) >= 11 is 1.54. The minimum absolute atomic E-state index is 0.521. The van der Waals surface area contributed by atoms with E-state index in [9.17, 15) is 5.11 Å². The Bertz CT molecular complexity index is 454. The lowest BCUT2D eigenvalue weighted by Crippen LogP contribution is -2.19. The van der Waals surface area contributed by atoms with E-state index in [4.69, 9.17) is 0 Å². The summed E-state index contributed by atoms with van der Waals surface area (Å²) in [5, 5.41) is 10.9. The summed E-state index contributed by atoms with van der Waals surface area (Å²) in [5.41, 5.74) is 0.0488. The van der Waals surface area contributed by atoms with Crippen LogP contribution in [0.3, 0.4) is 0 Å². The Labute approximate surface area is 92.9 Å². The number of para-hydroxylation sites is 1. The van der Waals surface area contributed by atoms with Crippen molar-refractivity contribution in [2.75, 3.05) is 0 Å². The zero-order valence-corrected chi connectivity index (χ0v) is 9.42. The molecule has 0 spiro atoms. The number of fused-ring (bicyclic) bond motifs is 1. The Balaban J connectivity index is 2.48. The molecule has 0 saturated carbocycles. The molecule has 1 aromatic heterocycles. The van der Waals surface area contributed by atoms with E-state index in [1.165, 1.54) is 11.3 Å². The first-order valence-electron chi connectivity index (χ1n) is 4.83. The van der Waals surface area contributed by atoms with Crippen LogP contribution in [0, 0.1) is 0 Å². The van der Waals surface area contributed by atoms with Crippen molar-refractivity contribution >= 4 is 21.6 Å². The summed E-state index contributed by atoms with van der Waals surface area (Å²) in [6.45, 7) is 5.41. The van der Waals surface area contributed by atoms with E-state index in [2.05, 4.69) is 11.6 Å². The lowest BCUT2D eigenvalue weighted by atomic mass is 10.0. The van der Waals surface area contributed by atoms with Gasteiger partial charge in [-0.3, -0.25) is 0 Å². The largest absolute Gasteiger partial charge is 0.383 e. The van der Waals surface area contributed by atoms with Gasteiger partial charge in [0.15, 0.2) is 0 Å². The lowest BCUT2D eigenvalue weighted by molar-refractivity contribution is 0.0606. The summed E-state index contributed by atoms with van der Waals surface area (Å²) < 4.78 is 1.11. The van der Waals surface area contributed by atoms with Crippen LogP contribution in [0.25, 0.3) is 10.2 Å². The topological polar surface area (TPSA) is 33.1 Å². The van der Waals surface area contributed by atoms with Crippen LogP contribution in [0.5, 0.6) is 0 Å². The number of benzene rings is 1. The predicted molar refractivity (Wildman–Crippen MR) is 64.0 cm³/mol. The second kappa shape index (κ2) is 3.76. The number of rotatable bonds is 3. The summed E-state index contributed by atoms with van der Waals surface area (Å²) in [4.78, 5) is 4.42. The summed E-state index contributed by atoms with van der Waals surface area (Å²) in [7, 11) is 0. The Morgan fingerprint density at radius 2 is 2.27 bits per heavy atom. The molecule has 15 heavy (non-hydrogen) atoms. The number of aromatic nitrogens is 1. The monoisotopic (exact) mass is 219 g/mol. The molecule has 1 heterocycles. The number of hydrogen-bond acceptors (Lipinski definition) is 3. The van der Waals surface area contributed by atoms with Crippen LogP contribution >= 0.6 is 11.3 Å². The minimum atomic E-state index is -0.897. The highest BCUT2D eigenvalue weighted by Crippen LogP contribution is 2.32. The van der Waals surface area contributed by atoms with Crippen molar-refractivity contribution in [3.63, 3.8) is 0 Å². The van der Waals surface area contributed by atoms with Gasteiger partial charge in [0.25, 0.3) is 0 Å². The third-order valence-corrected chi connectivity index (χ3v) is 3.59. The van der Waals surface area contributed by atoms with Gasteiger partial charge in [0, 0.05) is 6.42 Å². The van der Waals surface area contributed by atoms with E-state index in [0.29, 0.717) is 6.42 Å². The van der Waals surface area contributed by atoms with E-state index in [0.717, 1.165) is 15.2 Å². The number of aliphatic hydroxyl groups is 1. The molecule has 2 aromatic rings. The van der Waals surface area contributed by atoms with Gasteiger partial charge in [-0.05, 0) is 19.1 Å². The maximum absolute atomic E-state index is 10.2. The van der Waals surface area contributed by atoms with Crippen molar-refractivity contribution < 1.29 is 5.11 Å². The van der Waals surface area contributed by atoms with Gasteiger partial charge >= 0.3 is 0 Å². The van der Waals surface area contributed by atoms with Crippen molar-refractivity contribution in [3.05, 3.63) is 41.9 Å². The molecule has 0 saturated heterocycles. The van der Waals surface area contributed by atoms with E-state index in [-0.39, 0.29) is 0 Å². The molecule has 2 nitrogen and oxygen atoms in total. The molecule has 0 aliphatic rings. The summed E-state index contributed by atoms with van der Waals surface area (Å²) in [6.07, 6.45) is 2.24. The molecule has 2 rings (SSSR count). The fourth-order valence-corrected chi connectivity index (χ4v) is 2.49. The van der Waals surface area contributed by atoms with Gasteiger partial charge in [-0.2, -0.15) is 0 Å². The average molecular weight is 219 g/mol. The maximum Gasteiger partial charge on any atom is 0.126 e. The molecule has 78 valence electrons. The van der Waals surface area contributed by atoms with Crippen molar-refractivity contribution in [2.45, 2.75) is 18.9 Å². The van der Waals surface area contributed by atoms with Gasteiger partial charge in [0.1, 0.15) is 10.6 Å². The standard InChI is InChI=1S/C12H13NOS/c1-3-8-12(2,14)11-13-9-6-4-5-7-10(9)15-11/h3-7,14H,1,8H2,2H3/t12-/m0/s1. The Morgan fingerprint density at radius 1 is 1.53 bits per heavy atom. The molecule has 1 atom stereocenters. The van der Waals surface area contributed by atoms with Crippen molar-refractivity contribution in [1.82, 2.24) is 4.98 Å². The molecule has 1 N–H and O–H groups in total. The van der Waals surface area contributed by atoms with Gasteiger partial charge in [0.05, 0.1) is 10.2 Å². The summed E-state index contributed by atoms with van der Waals surface area (Å²) in [5.74, 6) is 0. The highest BCUT2D eigenvalue weighted by Gasteiger charge is 2.25. The zero-order chi connectivity index (χ0) is 10.9. The average Bonchev–Trinajstić information content (AvgIpc) is 2.61. The molecule has 3 heteroatoms. The van der Waals surface area contributed by atoms with Crippen molar-refractivity contribution in [2.24, 2.45) is 0 Å². The van der Waals surface area contributed by atoms with Crippen LogP contribution in [0.1, 0.15) is 18.4 Å². The molecule has 0 aliphatic carbocycles. The fourth-order valence-electron chi connectivity index (χ4n) is 1.47. The van der Waals surface area contributed by atoms with Gasteiger partial charge in [0.2, 0.25) is 0 Å².